The van der Waals surface area contributed by atoms with E-state index in [0.29, 0.717) is 6.54 Å². The van der Waals surface area contributed by atoms with Gasteiger partial charge in [-0.1, -0.05) is 45.0 Å². The molecule has 5 heteroatoms. The zero-order valence-corrected chi connectivity index (χ0v) is 13.5. The zero-order valence-electron chi connectivity index (χ0n) is 13.5. The van der Waals surface area contributed by atoms with Gasteiger partial charge < -0.3 is 0 Å². The van der Waals surface area contributed by atoms with Gasteiger partial charge in [-0.05, 0) is 23.6 Å². The van der Waals surface area contributed by atoms with Crippen molar-refractivity contribution >= 4 is 11.8 Å². The molecule has 1 rings (SSSR count). The molecule has 0 aromatic heterocycles. The molecule has 2 N–H and O–H groups in total. The average molecular weight is 291 g/mol. The second kappa shape index (κ2) is 7.22. The maximum atomic E-state index is 11.6. The fourth-order valence-electron chi connectivity index (χ4n) is 1.92. The van der Waals surface area contributed by atoms with Crippen molar-refractivity contribution < 1.29 is 9.59 Å². The molecule has 1 aromatic carbocycles. The molecular weight excluding hydrogens is 266 g/mol. The molecule has 0 heterocycles. The lowest BCUT2D eigenvalue weighted by molar-refractivity contribution is -0.128. The lowest BCUT2D eigenvalue weighted by Gasteiger charge is -2.20. The number of amides is 2. The monoisotopic (exact) mass is 291 g/mol. The van der Waals surface area contributed by atoms with Gasteiger partial charge in [-0.15, -0.1) is 0 Å². The molecule has 21 heavy (non-hydrogen) atoms. The van der Waals surface area contributed by atoms with Gasteiger partial charge >= 0.3 is 0 Å². The van der Waals surface area contributed by atoms with E-state index < -0.39 is 0 Å². The van der Waals surface area contributed by atoms with Gasteiger partial charge in [0.15, 0.2) is 0 Å². The first-order chi connectivity index (χ1) is 9.68. The Hall–Kier alpha value is -1.88. The fourth-order valence-corrected chi connectivity index (χ4v) is 1.92. The summed E-state index contributed by atoms with van der Waals surface area (Å²) in [4.78, 5) is 24.2. The standard InChI is InChI=1S/C16H25N3O2/c1-12(20)17-18-15(21)11-19(5)10-13-6-8-14(9-7-13)16(2,3)4/h6-9H,10-11H2,1-5H3,(H,17,20)(H,18,21). The molecule has 0 aliphatic heterocycles. The Labute approximate surface area is 126 Å². The molecule has 5 nitrogen and oxygen atoms in total. The number of likely N-dealkylation sites (N-methyl/N-ethyl adjacent to an activating group) is 1. The average Bonchev–Trinajstić information content (AvgIpc) is 2.35. The van der Waals surface area contributed by atoms with E-state index in [9.17, 15) is 9.59 Å². The normalized spacial score (nSPS) is 11.3. The number of hydrogen-bond acceptors (Lipinski definition) is 3. The Morgan fingerprint density at radius 1 is 1.10 bits per heavy atom. The van der Waals surface area contributed by atoms with Gasteiger partial charge in [0.25, 0.3) is 5.91 Å². The molecule has 0 fully saturated rings. The minimum absolute atomic E-state index is 0.142. The van der Waals surface area contributed by atoms with E-state index in [-0.39, 0.29) is 23.8 Å². The minimum atomic E-state index is -0.288. The molecule has 2 amide bonds. The molecule has 0 bridgehead atoms. The maximum Gasteiger partial charge on any atom is 0.252 e. The van der Waals surface area contributed by atoms with Crippen molar-refractivity contribution in [3.05, 3.63) is 35.4 Å². The number of hydrogen-bond donors (Lipinski definition) is 2. The summed E-state index contributed by atoms with van der Waals surface area (Å²) in [5.74, 6) is -0.525. The quantitative estimate of drug-likeness (QED) is 0.828. The van der Waals surface area contributed by atoms with Crippen LogP contribution in [0.5, 0.6) is 0 Å². The minimum Gasteiger partial charge on any atom is -0.293 e. The summed E-state index contributed by atoms with van der Waals surface area (Å²) in [5, 5.41) is 0. The van der Waals surface area contributed by atoms with Gasteiger partial charge in [0.05, 0.1) is 6.54 Å². The molecule has 0 saturated heterocycles. The lowest BCUT2D eigenvalue weighted by Crippen LogP contribution is -2.44. The SMILES string of the molecule is CC(=O)NNC(=O)CN(C)Cc1ccc(C(C)(C)C)cc1. The zero-order chi connectivity index (χ0) is 16.0. The Kier molecular flexibility index (Phi) is 5.90. The smallest absolute Gasteiger partial charge is 0.252 e. The van der Waals surface area contributed by atoms with Crippen molar-refractivity contribution in [2.45, 2.75) is 39.7 Å². The van der Waals surface area contributed by atoms with E-state index in [0.717, 1.165) is 5.56 Å². The van der Waals surface area contributed by atoms with Crippen LogP contribution in [0.1, 0.15) is 38.8 Å². The number of nitrogens with one attached hydrogen (secondary N) is 2. The molecule has 0 spiro atoms. The number of nitrogens with zero attached hydrogens (tertiary/aromatic N) is 1. The van der Waals surface area contributed by atoms with Crippen molar-refractivity contribution in [3.8, 4) is 0 Å². The first-order valence-electron chi connectivity index (χ1n) is 7.02. The van der Waals surface area contributed by atoms with Crippen molar-refractivity contribution in [1.82, 2.24) is 15.8 Å². The highest BCUT2D eigenvalue weighted by molar-refractivity contribution is 5.81. The van der Waals surface area contributed by atoms with Crippen LogP contribution in [0.4, 0.5) is 0 Å². The van der Waals surface area contributed by atoms with Crippen LogP contribution in [0.15, 0.2) is 24.3 Å². The Morgan fingerprint density at radius 3 is 2.14 bits per heavy atom. The van der Waals surface area contributed by atoms with E-state index in [2.05, 4.69) is 55.9 Å². The lowest BCUT2D eigenvalue weighted by atomic mass is 9.87. The summed E-state index contributed by atoms with van der Waals surface area (Å²) < 4.78 is 0. The predicted octanol–water partition coefficient (Wildman–Crippen LogP) is 1.58. The molecule has 116 valence electrons. The van der Waals surface area contributed by atoms with Crippen LogP contribution >= 0.6 is 0 Å². The summed E-state index contributed by atoms with van der Waals surface area (Å²) in [6.07, 6.45) is 0. The van der Waals surface area contributed by atoms with E-state index >= 15 is 0 Å². The summed E-state index contributed by atoms with van der Waals surface area (Å²) in [5.41, 5.74) is 7.20. The van der Waals surface area contributed by atoms with Gasteiger partial charge in [-0.25, -0.2) is 0 Å². The summed E-state index contributed by atoms with van der Waals surface area (Å²) in [6.45, 7) is 8.79. The predicted molar refractivity (Wildman–Crippen MR) is 83.4 cm³/mol. The van der Waals surface area contributed by atoms with Crippen LogP contribution < -0.4 is 10.9 Å². The van der Waals surface area contributed by atoms with Gasteiger partial charge in [0.2, 0.25) is 5.91 Å². The second-order valence-electron chi connectivity index (χ2n) is 6.35. The highest BCUT2D eigenvalue weighted by Crippen LogP contribution is 2.22. The summed E-state index contributed by atoms with van der Waals surface area (Å²) in [6, 6.07) is 8.42. The van der Waals surface area contributed by atoms with Crippen LogP contribution in [0.2, 0.25) is 0 Å². The molecule has 0 aliphatic rings. The number of carbonyl (C=O) groups excluding carboxylic acids is 2. The van der Waals surface area contributed by atoms with E-state index in [1.54, 1.807) is 0 Å². The molecule has 0 aliphatic carbocycles. The Balaban J connectivity index is 2.49. The largest absolute Gasteiger partial charge is 0.293 e. The van der Waals surface area contributed by atoms with Gasteiger partial charge in [-0.2, -0.15) is 0 Å². The maximum absolute atomic E-state index is 11.6. The van der Waals surface area contributed by atoms with E-state index in [1.165, 1.54) is 12.5 Å². The number of rotatable bonds is 4. The van der Waals surface area contributed by atoms with Crippen LogP contribution in [0.25, 0.3) is 0 Å². The Bertz CT molecular complexity index is 489. The molecule has 1 aromatic rings. The van der Waals surface area contributed by atoms with Gasteiger partial charge in [0, 0.05) is 13.5 Å². The topological polar surface area (TPSA) is 61.4 Å². The first-order valence-corrected chi connectivity index (χ1v) is 7.02. The first kappa shape index (κ1) is 17.2. The highest BCUT2D eigenvalue weighted by atomic mass is 16.2. The molecule has 0 radical (unpaired) electrons. The van der Waals surface area contributed by atoms with Crippen LogP contribution in [-0.4, -0.2) is 30.3 Å². The van der Waals surface area contributed by atoms with Crippen molar-refractivity contribution in [1.29, 1.82) is 0 Å². The molecule has 0 atom stereocenters. The number of benzene rings is 1. The number of hydrazine groups is 1. The van der Waals surface area contributed by atoms with Crippen LogP contribution in [-0.2, 0) is 21.5 Å². The third kappa shape index (κ3) is 6.40. The van der Waals surface area contributed by atoms with Crippen LogP contribution in [0.3, 0.4) is 0 Å². The van der Waals surface area contributed by atoms with Crippen LogP contribution in [0, 0.1) is 0 Å². The third-order valence-corrected chi connectivity index (χ3v) is 3.06. The molecule has 0 saturated carbocycles. The van der Waals surface area contributed by atoms with E-state index in [4.69, 9.17) is 0 Å². The summed E-state index contributed by atoms with van der Waals surface area (Å²) in [7, 11) is 1.87. The van der Waals surface area contributed by atoms with Crippen molar-refractivity contribution in [2.24, 2.45) is 0 Å². The number of carbonyl (C=O) groups is 2. The molecular formula is C16H25N3O2. The second-order valence-corrected chi connectivity index (χ2v) is 6.35. The molecule has 0 unspecified atom stereocenters. The highest BCUT2D eigenvalue weighted by Gasteiger charge is 2.13. The van der Waals surface area contributed by atoms with Gasteiger partial charge in [0.1, 0.15) is 0 Å². The van der Waals surface area contributed by atoms with Gasteiger partial charge in [-0.3, -0.25) is 25.3 Å². The van der Waals surface area contributed by atoms with E-state index in [1.807, 2.05) is 11.9 Å². The third-order valence-electron chi connectivity index (χ3n) is 3.06. The summed E-state index contributed by atoms with van der Waals surface area (Å²) >= 11 is 0. The fraction of sp³-hybridized carbons (Fsp3) is 0.500. The van der Waals surface area contributed by atoms with Crippen molar-refractivity contribution in [3.63, 3.8) is 0 Å². The van der Waals surface area contributed by atoms with Crippen molar-refractivity contribution in [2.75, 3.05) is 13.6 Å². The Morgan fingerprint density at radius 2 is 1.67 bits per heavy atom.